The fraction of sp³-hybridized carbons (Fsp3) is 0.524. The summed E-state index contributed by atoms with van der Waals surface area (Å²) in [6.07, 6.45) is 8.17. The van der Waals surface area contributed by atoms with Gasteiger partial charge in [0.25, 0.3) is 5.91 Å². The van der Waals surface area contributed by atoms with Crippen LogP contribution in [0.2, 0.25) is 0 Å². The SMILES string of the molecule is CCc1c(C(=O)NC2C3CCCC2CC(N)C3)cnn1-c1ccccc1. The van der Waals surface area contributed by atoms with Crippen molar-refractivity contribution in [1.29, 1.82) is 0 Å². The third-order valence-corrected chi connectivity index (χ3v) is 6.12. The molecule has 2 bridgehead atoms. The number of nitrogens with two attached hydrogens (primary N) is 1. The Labute approximate surface area is 155 Å². The Morgan fingerprint density at radius 2 is 1.92 bits per heavy atom. The molecule has 0 aliphatic heterocycles. The molecule has 2 aliphatic carbocycles. The lowest BCUT2D eigenvalue weighted by Crippen LogP contribution is -2.53. The van der Waals surface area contributed by atoms with Gasteiger partial charge in [0.1, 0.15) is 0 Å². The Morgan fingerprint density at radius 3 is 2.58 bits per heavy atom. The maximum atomic E-state index is 13.1. The highest BCUT2D eigenvalue weighted by atomic mass is 16.1. The fourth-order valence-electron chi connectivity index (χ4n) is 4.95. The van der Waals surface area contributed by atoms with Crippen LogP contribution in [0.15, 0.2) is 36.5 Å². The van der Waals surface area contributed by atoms with Crippen LogP contribution < -0.4 is 11.1 Å². The number of nitrogens with zero attached hydrogens (tertiary/aromatic N) is 2. The van der Waals surface area contributed by atoms with Crippen LogP contribution in [0.3, 0.4) is 0 Å². The van der Waals surface area contributed by atoms with E-state index >= 15 is 0 Å². The Hall–Kier alpha value is -2.14. The van der Waals surface area contributed by atoms with Gasteiger partial charge < -0.3 is 11.1 Å². The van der Waals surface area contributed by atoms with E-state index in [0.29, 0.717) is 23.4 Å². The smallest absolute Gasteiger partial charge is 0.255 e. The summed E-state index contributed by atoms with van der Waals surface area (Å²) in [5, 5.41) is 7.84. The second-order valence-corrected chi connectivity index (χ2v) is 7.79. The minimum absolute atomic E-state index is 0.0152. The fourth-order valence-corrected chi connectivity index (χ4v) is 4.95. The highest BCUT2D eigenvalue weighted by molar-refractivity contribution is 5.95. The van der Waals surface area contributed by atoms with Gasteiger partial charge in [-0.25, -0.2) is 4.68 Å². The summed E-state index contributed by atoms with van der Waals surface area (Å²) in [4.78, 5) is 13.1. The molecule has 3 N–H and O–H groups in total. The van der Waals surface area contributed by atoms with E-state index in [9.17, 15) is 4.79 Å². The number of rotatable bonds is 4. The molecule has 4 rings (SSSR count). The summed E-state index contributed by atoms with van der Waals surface area (Å²) in [5.74, 6) is 1.06. The molecule has 1 aromatic carbocycles. The molecule has 2 saturated carbocycles. The number of benzene rings is 1. The van der Waals surface area contributed by atoms with Crippen molar-refractivity contribution in [2.75, 3.05) is 0 Å². The van der Waals surface area contributed by atoms with E-state index in [4.69, 9.17) is 5.73 Å². The summed E-state index contributed by atoms with van der Waals surface area (Å²) < 4.78 is 1.88. The molecule has 2 aromatic rings. The van der Waals surface area contributed by atoms with Crippen LogP contribution in [-0.2, 0) is 6.42 Å². The number of aromatic nitrogens is 2. The lowest BCUT2D eigenvalue weighted by molar-refractivity contribution is 0.0755. The van der Waals surface area contributed by atoms with Gasteiger partial charge in [-0.1, -0.05) is 31.5 Å². The Balaban J connectivity index is 1.56. The number of hydrogen-bond acceptors (Lipinski definition) is 3. The van der Waals surface area contributed by atoms with Gasteiger partial charge in [-0.2, -0.15) is 5.10 Å². The molecule has 1 aromatic heterocycles. The first-order valence-electron chi connectivity index (χ1n) is 9.86. The standard InChI is InChI=1S/C21H28N4O/c1-2-19-18(13-23-25(19)17-9-4-3-5-10-17)21(26)24-20-14-7-6-8-15(20)12-16(22)11-14/h3-5,9-10,13-16,20H,2,6-8,11-12,22H2,1H3,(H,24,26). The van der Waals surface area contributed by atoms with Gasteiger partial charge in [0.15, 0.2) is 0 Å². The molecular formula is C21H28N4O. The number of carbonyl (C=O) groups excluding carboxylic acids is 1. The Bertz CT molecular complexity index is 756. The van der Waals surface area contributed by atoms with Crippen LogP contribution in [0.1, 0.15) is 55.1 Å². The molecule has 0 spiro atoms. The van der Waals surface area contributed by atoms with E-state index in [1.54, 1.807) is 6.20 Å². The summed E-state index contributed by atoms with van der Waals surface area (Å²) in [7, 11) is 0. The Morgan fingerprint density at radius 1 is 1.23 bits per heavy atom. The predicted octanol–water partition coefficient (Wildman–Crippen LogP) is 3.07. The molecule has 26 heavy (non-hydrogen) atoms. The van der Waals surface area contributed by atoms with Crippen LogP contribution in [0.25, 0.3) is 5.69 Å². The highest BCUT2D eigenvalue weighted by Gasteiger charge is 2.40. The summed E-state index contributed by atoms with van der Waals surface area (Å²) in [6.45, 7) is 2.07. The van der Waals surface area contributed by atoms with Gasteiger partial charge in [0, 0.05) is 12.1 Å². The molecule has 0 saturated heterocycles. The molecule has 0 radical (unpaired) electrons. The summed E-state index contributed by atoms with van der Waals surface area (Å²) >= 11 is 0. The van der Waals surface area contributed by atoms with Crippen molar-refractivity contribution < 1.29 is 4.79 Å². The summed E-state index contributed by atoms with van der Waals surface area (Å²) in [5.41, 5.74) is 8.87. The lowest BCUT2D eigenvalue weighted by Gasteiger charge is -2.45. The average molecular weight is 352 g/mol. The number of carbonyl (C=O) groups is 1. The molecule has 5 nitrogen and oxygen atoms in total. The van der Waals surface area contributed by atoms with Crippen molar-refractivity contribution in [3.63, 3.8) is 0 Å². The maximum absolute atomic E-state index is 13.1. The van der Waals surface area contributed by atoms with E-state index in [2.05, 4.69) is 17.3 Å². The number of fused-ring (bicyclic) bond motifs is 2. The zero-order chi connectivity index (χ0) is 18.1. The van der Waals surface area contributed by atoms with Crippen LogP contribution in [0.4, 0.5) is 0 Å². The van der Waals surface area contributed by atoms with Crippen molar-refractivity contribution in [3.8, 4) is 5.69 Å². The quantitative estimate of drug-likeness (QED) is 0.888. The third-order valence-electron chi connectivity index (χ3n) is 6.12. The second kappa shape index (κ2) is 7.23. The van der Waals surface area contributed by atoms with E-state index in [1.165, 1.54) is 19.3 Å². The largest absolute Gasteiger partial charge is 0.349 e. The van der Waals surface area contributed by atoms with Crippen LogP contribution >= 0.6 is 0 Å². The van der Waals surface area contributed by atoms with Crippen molar-refractivity contribution in [2.24, 2.45) is 17.6 Å². The number of nitrogens with one attached hydrogen (secondary N) is 1. The predicted molar refractivity (Wildman–Crippen MR) is 102 cm³/mol. The molecule has 2 atom stereocenters. The number of hydrogen-bond donors (Lipinski definition) is 2. The van der Waals surface area contributed by atoms with Crippen molar-refractivity contribution in [1.82, 2.24) is 15.1 Å². The summed E-state index contributed by atoms with van der Waals surface area (Å²) in [6, 6.07) is 10.6. The van der Waals surface area contributed by atoms with Crippen molar-refractivity contribution in [3.05, 3.63) is 47.8 Å². The van der Waals surface area contributed by atoms with Gasteiger partial charge >= 0.3 is 0 Å². The molecule has 138 valence electrons. The van der Waals surface area contributed by atoms with Gasteiger partial charge in [-0.3, -0.25) is 4.79 Å². The molecule has 2 unspecified atom stereocenters. The first-order valence-corrected chi connectivity index (χ1v) is 9.86. The lowest BCUT2D eigenvalue weighted by atomic mass is 9.67. The molecule has 2 aliphatic rings. The van der Waals surface area contributed by atoms with E-state index < -0.39 is 0 Å². The van der Waals surface area contributed by atoms with Crippen LogP contribution in [0.5, 0.6) is 0 Å². The zero-order valence-corrected chi connectivity index (χ0v) is 15.4. The average Bonchev–Trinajstić information content (AvgIpc) is 3.07. The van der Waals surface area contributed by atoms with Gasteiger partial charge in [0.05, 0.1) is 23.1 Å². The van der Waals surface area contributed by atoms with E-state index in [1.807, 2.05) is 35.0 Å². The topological polar surface area (TPSA) is 72.9 Å². The third kappa shape index (κ3) is 3.16. The molecule has 1 amide bonds. The van der Waals surface area contributed by atoms with E-state index in [0.717, 1.165) is 30.6 Å². The molecule has 2 fully saturated rings. The van der Waals surface area contributed by atoms with Crippen LogP contribution in [0, 0.1) is 11.8 Å². The van der Waals surface area contributed by atoms with Crippen LogP contribution in [-0.4, -0.2) is 27.8 Å². The maximum Gasteiger partial charge on any atom is 0.255 e. The van der Waals surface area contributed by atoms with Crippen molar-refractivity contribution in [2.45, 2.75) is 57.5 Å². The molecule has 1 heterocycles. The van der Waals surface area contributed by atoms with Gasteiger partial charge in [0.2, 0.25) is 0 Å². The molecule has 5 heteroatoms. The zero-order valence-electron chi connectivity index (χ0n) is 15.4. The second-order valence-electron chi connectivity index (χ2n) is 7.79. The first-order chi connectivity index (χ1) is 12.7. The number of amides is 1. The monoisotopic (exact) mass is 352 g/mol. The normalized spacial score (nSPS) is 27.9. The van der Waals surface area contributed by atoms with Gasteiger partial charge in [-0.15, -0.1) is 0 Å². The highest BCUT2D eigenvalue weighted by Crippen LogP contribution is 2.39. The van der Waals surface area contributed by atoms with Crippen molar-refractivity contribution >= 4 is 5.91 Å². The van der Waals surface area contributed by atoms with E-state index in [-0.39, 0.29) is 11.9 Å². The Kier molecular flexibility index (Phi) is 4.81. The number of para-hydroxylation sites is 1. The molecular weight excluding hydrogens is 324 g/mol. The minimum Gasteiger partial charge on any atom is -0.349 e. The first kappa shape index (κ1) is 17.3. The van der Waals surface area contributed by atoms with Gasteiger partial charge in [-0.05, 0) is 56.1 Å². The minimum atomic E-state index is 0.0152.